The Balaban J connectivity index is 1.89. The molecule has 26 heavy (non-hydrogen) atoms. The third-order valence-electron chi connectivity index (χ3n) is 4.18. The smallest absolute Gasteiger partial charge is 0.328 e. The molecule has 0 aliphatic carbocycles. The number of likely N-dealkylation sites (tertiary alicyclic amines) is 1. The molecular weight excluding hydrogens is 336 g/mol. The number of aryl methyl sites for hydroxylation is 1. The molecule has 1 aliphatic rings. The summed E-state index contributed by atoms with van der Waals surface area (Å²) in [5.41, 5.74) is 7.37. The summed E-state index contributed by atoms with van der Waals surface area (Å²) in [5.74, 6) is -0.788. The lowest BCUT2D eigenvalue weighted by atomic mass is 10.2. The minimum absolute atomic E-state index is 0.248. The minimum atomic E-state index is -0.766. The summed E-state index contributed by atoms with van der Waals surface area (Å²) in [6, 6.07) is 5.78. The van der Waals surface area contributed by atoms with Gasteiger partial charge in [-0.25, -0.2) is 9.59 Å². The Morgan fingerprint density at radius 3 is 2.62 bits per heavy atom. The molecule has 1 aromatic rings. The molecule has 1 unspecified atom stereocenters. The first-order valence-corrected chi connectivity index (χ1v) is 8.78. The van der Waals surface area contributed by atoms with Crippen LogP contribution in [0.25, 0.3) is 0 Å². The van der Waals surface area contributed by atoms with Crippen molar-refractivity contribution in [1.82, 2.24) is 15.6 Å². The Morgan fingerprint density at radius 1 is 1.27 bits per heavy atom. The van der Waals surface area contributed by atoms with E-state index in [0.717, 1.165) is 17.7 Å². The molecule has 1 fully saturated rings. The Hall–Kier alpha value is -2.77. The van der Waals surface area contributed by atoms with Crippen LogP contribution in [0.1, 0.15) is 32.3 Å². The summed E-state index contributed by atoms with van der Waals surface area (Å²) in [5, 5.41) is 2.58. The largest absolute Gasteiger partial charge is 0.464 e. The van der Waals surface area contributed by atoms with Gasteiger partial charge in [0.15, 0.2) is 0 Å². The third kappa shape index (κ3) is 5.11. The number of benzene rings is 1. The van der Waals surface area contributed by atoms with Crippen molar-refractivity contribution in [2.45, 2.75) is 45.7 Å². The molecule has 2 rings (SSSR count). The summed E-state index contributed by atoms with van der Waals surface area (Å²) < 4.78 is 4.88. The van der Waals surface area contributed by atoms with Gasteiger partial charge < -0.3 is 15.0 Å². The summed E-state index contributed by atoms with van der Waals surface area (Å²) in [6.07, 6.45) is 1.30. The van der Waals surface area contributed by atoms with Gasteiger partial charge in [0.25, 0.3) is 5.91 Å². The van der Waals surface area contributed by atoms with Crippen molar-refractivity contribution in [3.63, 3.8) is 0 Å². The Labute approximate surface area is 153 Å². The SMILES string of the molecule is CCOC(=O)[C@H](C)NC(=O)N1CCCC1C(=O)NNc1ccc(C)cc1. The lowest BCUT2D eigenvalue weighted by molar-refractivity contribution is -0.144. The van der Waals surface area contributed by atoms with Gasteiger partial charge in [-0.15, -0.1) is 0 Å². The first-order valence-electron chi connectivity index (χ1n) is 8.78. The van der Waals surface area contributed by atoms with Crippen molar-refractivity contribution in [3.8, 4) is 0 Å². The van der Waals surface area contributed by atoms with E-state index in [0.29, 0.717) is 13.0 Å². The molecule has 1 saturated heterocycles. The number of amides is 3. The zero-order valence-electron chi connectivity index (χ0n) is 15.4. The van der Waals surface area contributed by atoms with E-state index in [1.165, 1.54) is 4.90 Å². The van der Waals surface area contributed by atoms with Gasteiger partial charge in [0, 0.05) is 6.54 Å². The van der Waals surface area contributed by atoms with Gasteiger partial charge in [-0.1, -0.05) is 17.7 Å². The number of ether oxygens (including phenoxy) is 1. The maximum absolute atomic E-state index is 12.4. The first kappa shape index (κ1) is 19.6. The molecule has 8 heteroatoms. The van der Waals surface area contributed by atoms with Crippen LogP contribution in [0.2, 0.25) is 0 Å². The zero-order chi connectivity index (χ0) is 19.1. The van der Waals surface area contributed by atoms with Gasteiger partial charge in [0.1, 0.15) is 12.1 Å². The van der Waals surface area contributed by atoms with Crippen LogP contribution in [0.3, 0.4) is 0 Å². The van der Waals surface area contributed by atoms with E-state index in [1.807, 2.05) is 31.2 Å². The second kappa shape index (κ2) is 9.07. The van der Waals surface area contributed by atoms with Gasteiger partial charge >= 0.3 is 12.0 Å². The molecule has 0 saturated carbocycles. The third-order valence-corrected chi connectivity index (χ3v) is 4.18. The van der Waals surface area contributed by atoms with Crippen molar-refractivity contribution < 1.29 is 19.1 Å². The van der Waals surface area contributed by atoms with Crippen LogP contribution >= 0.6 is 0 Å². The normalized spacial score (nSPS) is 17.3. The predicted octanol–water partition coefficient (Wildman–Crippen LogP) is 1.56. The maximum atomic E-state index is 12.4. The number of urea groups is 1. The van der Waals surface area contributed by atoms with E-state index in [9.17, 15) is 14.4 Å². The molecule has 2 atom stereocenters. The molecular formula is C18H26N4O4. The first-order chi connectivity index (χ1) is 12.4. The highest BCUT2D eigenvalue weighted by atomic mass is 16.5. The van der Waals surface area contributed by atoms with E-state index in [4.69, 9.17) is 4.74 Å². The number of hydrogen-bond donors (Lipinski definition) is 3. The fraction of sp³-hybridized carbons (Fsp3) is 0.500. The van der Waals surface area contributed by atoms with Crippen LogP contribution in [-0.2, 0) is 14.3 Å². The molecule has 142 valence electrons. The number of anilines is 1. The number of hydrazine groups is 1. The molecule has 0 aromatic heterocycles. The Morgan fingerprint density at radius 2 is 1.96 bits per heavy atom. The zero-order valence-corrected chi connectivity index (χ0v) is 15.4. The Bertz CT molecular complexity index is 647. The molecule has 1 heterocycles. The van der Waals surface area contributed by atoms with Gasteiger partial charge in [0.05, 0.1) is 12.3 Å². The van der Waals surface area contributed by atoms with Crippen LogP contribution in [0.15, 0.2) is 24.3 Å². The van der Waals surface area contributed by atoms with Crippen LogP contribution in [0.5, 0.6) is 0 Å². The topological polar surface area (TPSA) is 99.8 Å². The van der Waals surface area contributed by atoms with Crippen LogP contribution < -0.4 is 16.2 Å². The summed E-state index contributed by atoms with van der Waals surface area (Å²) in [7, 11) is 0. The number of carbonyl (C=O) groups is 3. The number of hydrogen-bond acceptors (Lipinski definition) is 5. The molecule has 3 N–H and O–H groups in total. The second-order valence-corrected chi connectivity index (χ2v) is 6.25. The van der Waals surface area contributed by atoms with Crippen molar-refractivity contribution in [1.29, 1.82) is 0 Å². The summed E-state index contributed by atoms with van der Waals surface area (Å²) in [6.45, 7) is 5.95. The van der Waals surface area contributed by atoms with Crippen molar-refractivity contribution in [3.05, 3.63) is 29.8 Å². The summed E-state index contributed by atoms with van der Waals surface area (Å²) >= 11 is 0. The van der Waals surface area contributed by atoms with Gasteiger partial charge in [-0.3, -0.25) is 15.6 Å². The lowest BCUT2D eigenvalue weighted by Gasteiger charge is -2.25. The van der Waals surface area contributed by atoms with Gasteiger partial charge in [0.2, 0.25) is 0 Å². The number of nitrogens with zero attached hydrogens (tertiary/aromatic N) is 1. The molecule has 0 spiro atoms. The monoisotopic (exact) mass is 362 g/mol. The second-order valence-electron chi connectivity index (χ2n) is 6.25. The lowest BCUT2D eigenvalue weighted by Crippen LogP contribution is -2.53. The van der Waals surface area contributed by atoms with Crippen LogP contribution in [-0.4, -0.2) is 48.0 Å². The fourth-order valence-corrected chi connectivity index (χ4v) is 2.73. The van der Waals surface area contributed by atoms with Crippen LogP contribution in [0.4, 0.5) is 10.5 Å². The standard InChI is InChI=1S/C18H26N4O4/c1-4-26-17(24)13(3)19-18(25)22-11-5-6-15(22)16(23)21-20-14-9-7-12(2)8-10-14/h7-10,13,15,20H,4-6,11H2,1-3H3,(H,19,25)(H,21,23)/t13-,15?/m0/s1. The number of rotatable bonds is 6. The van der Waals surface area contributed by atoms with Gasteiger partial charge in [-0.2, -0.15) is 0 Å². The fourth-order valence-electron chi connectivity index (χ4n) is 2.73. The predicted molar refractivity (Wildman–Crippen MR) is 97.3 cm³/mol. The van der Waals surface area contributed by atoms with Crippen molar-refractivity contribution >= 4 is 23.6 Å². The molecule has 1 aromatic carbocycles. The molecule has 3 amide bonds. The average Bonchev–Trinajstić information content (AvgIpc) is 3.11. The Kier molecular flexibility index (Phi) is 6.82. The van der Waals surface area contributed by atoms with Crippen molar-refractivity contribution in [2.24, 2.45) is 0 Å². The highest BCUT2D eigenvalue weighted by molar-refractivity contribution is 5.90. The molecule has 0 bridgehead atoms. The highest BCUT2D eigenvalue weighted by Gasteiger charge is 2.35. The van der Waals surface area contributed by atoms with E-state index in [1.54, 1.807) is 13.8 Å². The van der Waals surface area contributed by atoms with Crippen molar-refractivity contribution in [2.75, 3.05) is 18.6 Å². The van der Waals surface area contributed by atoms with Gasteiger partial charge in [-0.05, 0) is 45.7 Å². The molecule has 8 nitrogen and oxygen atoms in total. The summed E-state index contributed by atoms with van der Waals surface area (Å²) in [4.78, 5) is 37.9. The molecule has 0 radical (unpaired) electrons. The van der Waals surface area contributed by atoms with E-state index in [2.05, 4.69) is 16.2 Å². The minimum Gasteiger partial charge on any atom is -0.464 e. The average molecular weight is 362 g/mol. The number of esters is 1. The maximum Gasteiger partial charge on any atom is 0.328 e. The quantitative estimate of drug-likeness (QED) is 0.527. The van der Waals surface area contributed by atoms with E-state index in [-0.39, 0.29) is 12.5 Å². The number of carbonyl (C=O) groups excluding carboxylic acids is 3. The van der Waals surface area contributed by atoms with Crippen LogP contribution in [0, 0.1) is 6.92 Å². The highest BCUT2D eigenvalue weighted by Crippen LogP contribution is 2.18. The molecule has 1 aliphatic heterocycles. The van der Waals surface area contributed by atoms with E-state index < -0.39 is 24.1 Å². The van der Waals surface area contributed by atoms with E-state index >= 15 is 0 Å². The number of nitrogens with one attached hydrogen (secondary N) is 3.